The molecular weight excluding hydrogens is 328 g/mol. The molecule has 27 heavy (non-hydrogen) atoms. The van der Waals surface area contributed by atoms with E-state index in [1.54, 1.807) is 0 Å². The van der Waals surface area contributed by atoms with Crippen LogP contribution in [-0.4, -0.2) is 0 Å². The molecular formula is C25H22N2. The minimum atomic E-state index is 1.07. The van der Waals surface area contributed by atoms with Crippen LogP contribution < -0.4 is 10.6 Å². The number of benzene rings is 4. The van der Waals surface area contributed by atoms with Crippen LogP contribution in [-0.2, 0) is 0 Å². The van der Waals surface area contributed by atoms with Crippen LogP contribution in [0.15, 0.2) is 103 Å². The zero-order chi connectivity index (χ0) is 18.5. The van der Waals surface area contributed by atoms with Gasteiger partial charge in [-0.3, -0.25) is 0 Å². The first-order valence-electron chi connectivity index (χ1n) is 9.14. The molecule has 4 aromatic rings. The van der Waals surface area contributed by atoms with Crippen molar-refractivity contribution in [2.45, 2.75) is 6.92 Å². The normalized spacial score (nSPS) is 10.4. The van der Waals surface area contributed by atoms with Crippen molar-refractivity contribution >= 4 is 22.7 Å². The Hall–Kier alpha value is -3.52. The van der Waals surface area contributed by atoms with Crippen LogP contribution >= 0.6 is 0 Å². The second-order valence-electron chi connectivity index (χ2n) is 6.58. The molecule has 0 heterocycles. The molecule has 0 amide bonds. The molecule has 0 aliphatic heterocycles. The van der Waals surface area contributed by atoms with Gasteiger partial charge in [-0.25, -0.2) is 0 Å². The largest absolute Gasteiger partial charge is 0.355 e. The Balaban J connectivity index is 1.80. The highest BCUT2D eigenvalue weighted by molar-refractivity contribution is 5.92. The van der Waals surface area contributed by atoms with E-state index in [1.165, 1.54) is 11.1 Å². The lowest BCUT2D eigenvalue weighted by atomic mass is 9.99. The molecule has 0 aliphatic rings. The van der Waals surface area contributed by atoms with E-state index in [4.69, 9.17) is 0 Å². The first-order chi connectivity index (χ1) is 13.3. The molecule has 0 unspecified atom stereocenters. The summed E-state index contributed by atoms with van der Waals surface area (Å²) in [6, 6.07) is 35.5. The number of rotatable bonds is 5. The Labute approximate surface area is 160 Å². The van der Waals surface area contributed by atoms with E-state index in [0.29, 0.717) is 0 Å². The predicted octanol–water partition coefficient (Wildman–Crippen LogP) is 7.15. The summed E-state index contributed by atoms with van der Waals surface area (Å²) in [5.74, 6) is 0. The maximum atomic E-state index is 3.57. The Morgan fingerprint density at radius 3 is 1.44 bits per heavy atom. The summed E-state index contributed by atoms with van der Waals surface area (Å²) in [6.45, 7) is 2.11. The minimum absolute atomic E-state index is 1.07. The van der Waals surface area contributed by atoms with Crippen molar-refractivity contribution in [1.29, 1.82) is 0 Å². The average Bonchev–Trinajstić information content (AvgIpc) is 2.71. The first kappa shape index (κ1) is 16.9. The quantitative estimate of drug-likeness (QED) is 0.399. The van der Waals surface area contributed by atoms with E-state index >= 15 is 0 Å². The molecule has 0 bridgehead atoms. The number of nitrogens with one attached hydrogen (secondary N) is 2. The number of aryl methyl sites for hydroxylation is 1. The van der Waals surface area contributed by atoms with Gasteiger partial charge in [0.2, 0.25) is 0 Å². The van der Waals surface area contributed by atoms with E-state index < -0.39 is 0 Å². The second kappa shape index (κ2) is 7.79. The van der Waals surface area contributed by atoms with Crippen LogP contribution in [0.1, 0.15) is 5.56 Å². The van der Waals surface area contributed by atoms with Crippen molar-refractivity contribution in [2.75, 3.05) is 10.6 Å². The molecule has 0 saturated carbocycles. The molecule has 4 aromatic carbocycles. The van der Waals surface area contributed by atoms with Crippen molar-refractivity contribution < 1.29 is 0 Å². The van der Waals surface area contributed by atoms with E-state index in [1.807, 2.05) is 36.4 Å². The summed E-state index contributed by atoms with van der Waals surface area (Å²) < 4.78 is 0. The van der Waals surface area contributed by atoms with Gasteiger partial charge in [0, 0.05) is 28.3 Å². The lowest BCUT2D eigenvalue weighted by Crippen LogP contribution is -1.98. The van der Waals surface area contributed by atoms with Gasteiger partial charge in [-0.05, 0) is 48.9 Å². The fraction of sp³-hybridized carbons (Fsp3) is 0.0400. The molecule has 2 nitrogen and oxygen atoms in total. The van der Waals surface area contributed by atoms with E-state index in [-0.39, 0.29) is 0 Å². The molecule has 0 spiro atoms. The van der Waals surface area contributed by atoms with Gasteiger partial charge in [-0.2, -0.15) is 0 Å². The molecule has 0 saturated heterocycles. The third kappa shape index (κ3) is 4.01. The standard InChI is InChI=1S/C25H22N2/c1-19-15-17-20(18-16-19)25-23(26-21-9-4-2-5-10-21)13-8-14-24(25)27-22-11-6-3-7-12-22/h2-18,26-27H,1H3. The number of anilines is 4. The smallest absolute Gasteiger partial charge is 0.0485 e. The fourth-order valence-corrected chi connectivity index (χ4v) is 3.15. The summed E-state index contributed by atoms with van der Waals surface area (Å²) in [6.07, 6.45) is 0. The van der Waals surface area contributed by atoms with Gasteiger partial charge in [-0.1, -0.05) is 72.3 Å². The lowest BCUT2D eigenvalue weighted by molar-refractivity contribution is 1.45. The summed E-state index contributed by atoms with van der Waals surface area (Å²) in [5.41, 5.74) is 7.88. The molecule has 0 atom stereocenters. The Morgan fingerprint density at radius 1 is 0.481 bits per heavy atom. The van der Waals surface area contributed by atoms with Crippen LogP contribution in [0.5, 0.6) is 0 Å². The molecule has 2 N–H and O–H groups in total. The minimum Gasteiger partial charge on any atom is -0.355 e. The van der Waals surface area contributed by atoms with Crippen LogP contribution in [0.4, 0.5) is 22.7 Å². The van der Waals surface area contributed by atoms with E-state index in [2.05, 4.69) is 84.3 Å². The molecule has 4 rings (SSSR count). The average molecular weight is 350 g/mol. The highest BCUT2D eigenvalue weighted by Gasteiger charge is 2.11. The molecule has 132 valence electrons. The number of hydrogen-bond donors (Lipinski definition) is 2. The van der Waals surface area contributed by atoms with Gasteiger partial charge in [0.25, 0.3) is 0 Å². The third-order valence-corrected chi connectivity index (χ3v) is 4.51. The van der Waals surface area contributed by atoms with E-state index in [9.17, 15) is 0 Å². The highest BCUT2D eigenvalue weighted by Crippen LogP contribution is 2.38. The van der Waals surface area contributed by atoms with Gasteiger partial charge < -0.3 is 10.6 Å². The molecule has 0 fully saturated rings. The molecule has 0 aromatic heterocycles. The summed E-state index contributed by atoms with van der Waals surface area (Å²) in [5, 5.41) is 7.14. The third-order valence-electron chi connectivity index (χ3n) is 4.51. The van der Waals surface area contributed by atoms with Crippen molar-refractivity contribution in [3.8, 4) is 11.1 Å². The maximum absolute atomic E-state index is 3.57. The fourth-order valence-electron chi connectivity index (χ4n) is 3.15. The van der Waals surface area contributed by atoms with Gasteiger partial charge in [0.05, 0.1) is 0 Å². The highest BCUT2D eigenvalue weighted by atomic mass is 14.9. The monoisotopic (exact) mass is 350 g/mol. The van der Waals surface area contributed by atoms with Crippen molar-refractivity contribution in [1.82, 2.24) is 0 Å². The van der Waals surface area contributed by atoms with Crippen LogP contribution in [0.3, 0.4) is 0 Å². The molecule has 0 radical (unpaired) electrons. The SMILES string of the molecule is Cc1ccc(-c2c(Nc3ccccc3)cccc2Nc2ccccc2)cc1. The molecule has 2 heteroatoms. The lowest BCUT2D eigenvalue weighted by Gasteiger charge is -2.18. The number of hydrogen-bond acceptors (Lipinski definition) is 2. The van der Waals surface area contributed by atoms with Gasteiger partial charge in [0.1, 0.15) is 0 Å². The van der Waals surface area contributed by atoms with Gasteiger partial charge >= 0.3 is 0 Å². The first-order valence-corrected chi connectivity index (χ1v) is 9.14. The van der Waals surface area contributed by atoms with Gasteiger partial charge in [0.15, 0.2) is 0 Å². The summed E-state index contributed by atoms with van der Waals surface area (Å²) >= 11 is 0. The second-order valence-corrected chi connectivity index (χ2v) is 6.58. The Morgan fingerprint density at radius 2 is 0.963 bits per heavy atom. The van der Waals surface area contributed by atoms with Crippen molar-refractivity contribution in [3.05, 3.63) is 109 Å². The number of para-hydroxylation sites is 2. The van der Waals surface area contributed by atoms with Crippen molar-refractivity contribution in [3.63, 3.8) is 0 Å². The topological polar surface area (TPSA) is 24.1 Å². The maximum Gasteiger partial charge on any atom is 0.0485 e. The Kier molecular flexibility index (Phi) is 4.88. The Bertz CT molecular complexity index is 947. The van der Waals surface area contributed by atoms with Crippen LogP contribution in [0, 0.1) is 6.92 Å². The predicted molar refractivity (Wildman–Crippen MR) is 116 cm³/mol. The van der Waals surface area contributed by atoms with Gasteiger partial charge in [-0.15, -0.1) is 0 Å². The summed E-state index contributed by atoms with van der Waals surface area (Å²) in [7, 11) is 0. The molecule has 0 aliphatic carbocycles. The zero-order valence-electron chi connectivity index (χ0n) is 15.3. The van der Waals surface area contributed by atoms with Crippen LogP contribution in [0.25, 0.3) is 11.1 Å². The van der Waals surface area contributed by atoms with Crippen LogP contribution in [0.2, 0.25) is 0 Å². The van der Waals surface area contributed by atoms with Crippen molar-refractivity contribution in [2.24, 2.45) is 0 Å². The summed E-state index contributed by atoms with van der Waals surface area (Å²) in [4.78, 5) is 0. The zero-order valence-corrected chi connectivity index (χ0v) is 15.3. The van der Waals surface area contributed by atoms with E-state index in [0.717, 1.165) is 28.3 Å².